The van der Waals surface area contributed by atoms with Crippen LogP contribution in [0.3, 0.4) is 0 Å². The molecule has 0 radical (unpaired) electrons. The van der Waals surface area contributed by atoms with Crippen LogP contribution in [0.1, 0.15) is 56.1 Å². The molecule has 1 saturated carbocycles. The molecular formula is C27H32N6O2. The second-order valence-corrected chi connectivity index (χ2v) is 9.80. The Bertz CT molecular complexity index is 1350. The molecule has 8 nitrogen and oxygen atoms in total. The van der Waals surface area contributed by atoms with Gasteiger partial charge in [0.2, 0.25) is 0 Å². The Morgan fingerprint density at radius 2 is 1.94 bits per heavy atom. The molecule has 35 heavy (non-hydrogen) atoms. The van der Waals surface area contributed by atoms with Crippen molar-refractivity contribution in [2.45, 2.75) is 45.6 Å². The fourth-order valence-corrected chi connectivity index (χ4v) is 5.02. The number of carbonyl (C=O) groups is 1. The molecule has 0 saturated heterocycles. The van der Waals surface area contributed by atoms with E-state index in [0.717, 1.165) is 41.1 Å². The average Bonchev–Trinajstić information content (AvgIpc) is 3.49. The molecule has 1 aliphatic carbocycles. The zero-order chi connectivity index (χ0) is 24.5. The summed E-state index contributed by atoms with van der Waals surface area (Å²) in [4.78, 5) is 17.6. The molecule has 8 heteroatoms. The maximum atomic E-state index is 13.1. The molecule has 0 bridgehead atoms. The van der Waals surface area contributed by atoms with Gasteiger partial charge in [-0.2, -0.15) is 10.2 Å². The maximum absolute atomic E-state index is 13.1. The Morgan fingerprint density at radius 1 is 1.14 bits per heavy atom. The zero-order valence-electron chi connectivity index (χ0n) is 20.7. The maximum Gasteiger partial charge on any atom is 0.274 e. The first-order chi connectivity index (χ1) is 16.9. The minimum atomic E-state index is -0.298. The number of aromatic nitrogens is 5. The Balaban J connectivity index is 1.37. The summed E-state index contributed by atoms with van der Waals surface area (Å²) in [6.07, 6.45) is 10.5. The molecule has 0 atom stereocenters. The van der Waals surface area contributed by atoms with Gasteiger partial charge in [-0.15, -0.1) is 0 Å². The second-order valence-electron chi connectivity index (χ2n) is 9.80. The van der Waals surface area contributed by atoms with E-state index >= 15 is 0 Å². The molecule has 5 rings (SSSR count). The molecule has 0 spiro atoms. The van der Waals surface area contributed by atoms with Crippen molar-refractivity contribution in [3.8, 4) is 17.0 Å². The first kappa shape index (κ1) is 23.1. The molecule has 1 N–H and O–H groups in total. The Labute approximate surface area is 205 Å². The Hall–Kier alpha value is -3.68. The summed E-state index contributed by atoms with van der Waals surface area (Å²) < 4.78 is 9.40. The summed E-state index contributed by atoms with van der Waals surface area (Å²) >= 11 is 0. The van der Waals surface area contributed by atoms with E-state index in [9.17, 15) is 4.79 Å². The van der Waals surface area contributed by atoms with Gasteiger partial charge in [-0.25, -0.2) is 4.98 Å². The smallest absolute Gasteiger partial charge is 0.274 e. The number of rotatable bonds is 6. The van der Waals surface area contributed by atoms with E-state index in [1.165, 1.54) is 12.8 Å². The van der Waals surface area contributed by atoms with E-state index in [2.05, 4.69) is 40.1 Å². The first-order valence-corrected chi connectivity index (χ1v) is 12.3. The van der Waals surface area contributed by atoms with Gasteiger partial charge in [0.1, 0.15) is 11.4 Å². The van der Waals surface area contributed by atoms with Crippen molar-refractivity contribution in [2.75, 3.05) is 12.4 Å². The normalized spacial score (nSPS) is 18.2. The van der Waals surface area contributed by atoms with Crippen LogP contribution in [0.2, 0.25) is 0 Å². The molecule has 1 fully saturated rings. The van der Waals surface area contributed by atoms with Crippen LogP contribution in [0.5, 0.6) is 5.75 Å². The molecule has 1 amide bonds. The predicted molar refractivity (Wildman–Crippen MR) is 137 cm³/mol. The third-order valence-corrected chi connectivity index (χ3v) is 7.13. The van der Waals surface area contributed by atoms with Gasteiger partial charge < -0.3 is 10.1 Å². The fraction of sp³-hybridized carbons (Fsp3) is 0.407. The molecule has 3 heterocycles. The molecule has 0 aliphatic heterocycles. The summed E-state index contributed by atoms with van der Waals surface area (Å²) in [6, 6.07) is 9.62. The lowest BCUT2D eigenvalue weighted by molar-refractivity contribution is 0.102. The standard InChI is InChI=1S/C27H32N6O2/c1-17(2)18-8-10-21(11-9-18)33-16-19-12-25(26(35-4)13-24(19)31-33)30-27(34)23-7-5-6-22(29-23)20-14-28-32(3)15-20/h5-7,12-18,21H,8-11H2,1-4H3,(H,30,34). The number of anilines is 1. The Morgan fingerprint density at radius 3 is 2.63 bits per heavy atom. The number of fused-ring (bicyclic) bond motifs is 1. The number of hydrogen-bond donors (Lipinski definition) is 1. The molecule has 0 unspecified atom stereocenters. The van der Waals surface area contributed by atoms with E-state index in [1.807, 2.05) is 37.5 Å². The van der Waals surface area contributed by atoms with Gasteiger partial charge in [0.25, 0.3) is 5.91 Å². The van der Waals surface area contributed by atoms with E-state index in [4.69, 9.17) is 9.84 Å². The van der Waals surface area contributed by atoms with Crippen LogP contribution in [0.25, 0.3) is 22.2 Å². The molecular weight excluding hydrogens is 440 g/mol. The zero-order valence-corrected chi connectivity index (χ0v) is 20.7. The third-order valence-electron chi connectivity index (χ3n) is 7.13. The summed E-state index contributed by atoms with van der Waals surface area (Å²) in [6.45, 7) is 4.64. The SMILES string of the molecule is COc1cc2nn(C3CCC(C(C)C)CC3)cc2cc1NC(=O)c1cccc(-c2cnn(C)c2)n1. The van der Waals surface area contributed by atoms with E-state index in [1.54, 1.807) is 24.1 Å². The van der Waals surface area contributed by atoms with Crippen LogP contribution in [0.15, 0.2) is 48.9 Å². The number of amides is 1. The van der Waals surface area contributed by atoms with E-state index in [0.29, 0.717) is 28.9 Å². The number of pyridine rings is 1. The van der Waals surface area contributed by atoms with Crippen LogP contribution >= 0.6 is 0 Å². The number of ether oxygens (including phenoxy) is 1. The van der Waals surface area contributed by atoms with Crippen LogP contribution in [-0.2, 0) is 7.05 Å². The number of methoxy groups -OCH3 is 1. The van der Waals surface area contributed by atoms with Crippen LogP contribution < -0.4 is 10.1 Å². The molecule has 3 aromatic heterocycles. The van der Waals surface area contributed by atoms with Gasteiger partial charge in [-0.1, -0.05) is 19.9 Å². The number of carbonyl (C=O) groups excluding carboxylic acids is 1. The quantitative estimate of drug-likeness (QED) is 0.402. The van der Waals surface area contributed by atoms with E-state index < -0.39 is 0 Å². The largest absolute Gasteiger partial charge is 0.494 e. The van der Waals surface area contributed by atoms with Crippen molar-refractivity contribution in [1.82, 2.24) is 24.5 Å². The monoisotopic (exact) mass is 472 g/mol. The summed E-state index contributed by atoms with van der Waals surface area (Å²) in [5.41, 5.74) is 3.34. The highest BCUT2D eigenvalue weighted by Gasteiger charge is 2.25. The molecule has 1 aliphatic rings. The highest BCUT2D eigenvalue weighted by Crippen LogP contribution is 2.37. The topological polar surface area (TPSA) is 86.9 Å². The fourth-order valence-electron chi connectivity index (χ4n) is 5.02. The van der Waals surface area contributed by atoms with Gasteiger partial charge in [0.15, 0.2) is 0 Å². The molecule has 4 aromatic rings. The number of aryl methyl sites for hydroxylation is 1. The van der Waals surface area contributed by atoms with Gasteiger partial charge in [-0.05, 0) is 55.7 Å². The third kappa shape index (κ3) is 4.78. The van der Waals surface area contributed by atoms with Crippen molar-refractivity contribution in [2.24, 2.45) is 18.9 Å². The summed E-state index contributed by atoms with van der Waals surface area (Å²) in [5, 5.41) is 13.0. The van der Waals surface area contributed by atoms with Crippen molar-refractivity contribution in [3.63, 3.8) is 0 Å². The second kappa shape index (κ2) is 9.52. The van der Waals surface area contributed by atoms with Crippen molar-refractivity contribution < 1.29 is 9.53 Å². The highest BCUT2D eigenvalue weighted by atomic mass is 16.5. The summed E-state index contributed by atoms with van der Waals surface area (Å²) in [5.74, 6) is 1.82. The molecule has 1 aromatic carbocycles. The van der Waals surface area contributed by atoms with Crippen molar-refractivity contribution in [3.05, 3.63) is 54.6 Å². The van der Waals surface area contributed by atoms with Gasteiger partial charge in [0, 0.05) is 36.5 Å². The predicted octanol–water partition coefficient (Wildman–Crippen LogP) is 5.48. The lowest BCUT2D eigenvalue weighted by Gasteiger charge is -2.30. The molecule has 182 valence electrons. The highest BCUT2D eigenvalue weighted by molar-refractivity contribution is 6.05. The van der Waals surface area contributed by atoms with Gasteiger partial charge in [-0.3, -0.25) is 14.2 Å². The first-order valence-electron chi connectivity index (χ1n) is 12.3. The van der Waals surface area contributed by atoms with Crippen molar-refractivity contribution >= 4 is 22.5 Å². The lowest BCUT2D eigenvalue weighted by atomic mass is 9.80. The number of nitrogens with one attached hydrogen (secondary N) is 1. The number of benzene rings is 1. The number of hydrogen-bond acceptors (Lipinski definition) is 5. The van der Waals surface area contributed by atoms with Crippen LogP contribution in [0.4, 0.5) is 5.69 Å². The minimum Gasteiger partial charge on any atom is -0.494 e. The number of nitrogens with zero attached hydrogens (tertiary/aromatic N) is 5. The van der Waals surface area contributed by atoms with Crippen LogP contribution in [-0.4, -0.2) is 37.6 Å². The average molecular weight is 473 g/mol. The van der Waals surface area contributed by atoms with Crippen molar-refractivity contribution in [1.29, 1.82) is 0 Å². The lowest BCUT2D eigenvalue weighted by Crippen LogP contribution is -2.21. The van der Waals surface area contributed by atoms with Gasteiger partial charge >= 0.3 is 0 Å². The van der Waals surface area contributed by atoms with E-state index in [-0.39, 0.29) is 5.91 Å². The summed E-state index contributed by atoms with van der Waals surface area (Å²) in [7, 11) is 3.45. The van der Waals surface area contributed by atoms with Gasteiger partial charge in [0.05, 0.1) is 36.2 Å². The Kier molecular flexibility index (Phi) is 6.28. The minimum absolute atomic E-state index is 0.298. The van der Waals surface area contributed by atoms with Crippen LogP contribution in [0, 0.1) is 11.8 Å².